The van der Waals surface area contributed by atoms with Gasteiger partial charge in [0.2, 0.25) is 6.10 Å². The van der Waals surface area contributed by atoms with Crippen molar-refractivity contribution in [2.45, 2.75) is 31.7 Å². The Hall–Kier alpha value is -0.940. The van der Waals surface area contributed by atoms with E-state index in [9.17, 15) is 13.2 Å². The molecule has 0 saturated carbocycles. The van der Waals surface area contributed by atoms with Crippen LogP contribution in [0.4, 0.5) is 13.2 Å². The van der Waals surface area contributed by atoms with Gasteiger partial charge < -0.3 is 10.5 Å². The molecular weight excluding hydrogens is 255 g/mol. The first-order valence-corrected chi connectivity index (χ1v) is 5.47. The molecule has 0 amide bonds. The van der Waals surface area contributed by atoms with Gasteiger partial charge in [-0.3, -0.25) is 0 Å². The third-order valence-electron chi connectivity index (χ3n) is 2.24. The van der Waals surface area contributed by atoms with Crippen molar-refractivity contribution in [1.29, 1.82) is 0 Å². The first kappa shape index (κ1) is 14.1. The third-order valence-corrected chi connectivity index (χ3v) is 2.48. The fourth-order valence-corrected chi connectivity index (χ4v) is 1.48. The lowest BCUT2D eigenvalue weighted by Gasteiger charge is -2.26. The maximum absolute atomic E-state index is 12.7. The number of rotatable bonds is 4. The molecule has 0 heterocycles. The van der Waals surface area contributed by atoms with Gasteiger partial charge in [0.25, 0.3) is 0 Å². The van der Waals surface area contributed by atoms with Gasteiger partial charge in [0.1, 0.15) is 5.75 Å². The van der Waals surface area contributed by atoms with Gasteiger partial charge in [0, 0.05) is 5.02 Å². The highest BCUT2D eigenvalue weighted by Gasteiger charge is 2.45. The molecule has 96 valence electrons. The van der Waals surface area contributed by atoms with Gasteiger partial charge in [0.15, 0.2) is 0 Å². The second-order valence-corrected chi connectivity index (χ2v) is 4.05. The largest absolute Gasteiger partial charge is 0.479 e. The average Bonchev–Trinajstić information content (AvgIpc) is 2.23. The van der Waals surface area contributed by atoms with Crippen LogP contribution in [0.3, 0.4) is 0 Å². The number of hydrogen-bond donors (Lipinski definition) is 1. The minimum atomic E-state index is -4.50. The fraction of sp³-hybridized carbons (Fsp3) is 0.455. The van der Waals surface area contributed by atoms with E-state index in [0.717, 1.165) is 0 Å². The van der Waals surface area contributed by atoms with Crippen LogP contribution in [0.1, 0.15) is 13.3 Å². The molecule has 0 spiro atoms. The second kappa shape index (κ2) is 5.60. The lowest BCUT2D eigenvalue weighted by molar-refractivity contribution is -0.200. The van der Waals surface area contributed by atoms with Crippen LogP contribution < -0.4 is 10.5 Å². The number of nitrogens with two attached hydrogens (primary N) is 1. The van der Waals surface area contributed by atoms with Crippen LogP contribution in [0, 0.1) is 0 Å². The van der Waals surface area contributed by atoms with Gasteiger partial charge in [-0.25, -0.2) is 0 Å². The molecule has 17 heavy (non-hydrogen) atoms. The maximum atomic E-state index is 12.7. The first-order valence-electron chi connectivity index (χ1n) is 5.09. The molecule has 2 nitrogen and oxygen atoms in total. The van der Waals surface area contributed by atoms with Crippen LogP contribution in [0.2, 0.25) is 5.02 Å². The zero-order valence-electron chi connectivity index (χ0n) is 9.17. The van der Waals surface area contributed by atoms with E-state index in [1.165, 1.54) is 18.2 Å². The molecular formula is C11H13ClF3NO. The SMILES string of the molecule is CCC(N)C(Oc1cccc(Cl)c1)C(F)(F)F. The molecule has 2 N–H and O–H groups in total. The highest BCUT2D eigenvalue weighted by Crippen LogP contribution is 2.28. The molecule has 0 aliphatic carbocycles. The van der Waals surface area contributed by atoms with Crippen LogP contribution in [-0.4, -0.2) is 18.3 Å². The van der Waals surface area contributed by atoms with Crippen molar-refractivity contribution in [3.8, 4) is 5.75 Å². The molecule has 2 unspecified atom stereocenters. The molecule has 1 aromatic carbocycles. The molecule has 2 atom stereocenters. The van der Waals surface area contributed by atoms with E-state index in [0.29, 0.717) is 5.02 Å². The Morgan fingerprint density at radius 1 is 1.41 bits per heavy atom. The zero-order valence-corrected chi connectivity index (χ0v) is 9.92. The summed E-state index contributed by atoms with van der Waals surface area (Å²) in [6.45, 7) is 1.57. The van der Waals surface area contributed by atoms with Gasteiger partial charge in [0.05, 0.1) is 6.04 Å². The molecule has 0 radical (unpaired) electrons. The summed E-state index contributed by atoms with van der Waals surface area (Å²) in [6.07, 6.45) is -6.35. The smallest absolute Gasteiger partial charge is 0.426 e. The Morgan fingerprint density at radius 3 is 2.53 bits per heavy atom. The lowest BCUT2D eigenvalue weighted by atomic mass is 10.1. The van der Waals surface area contributed by atoms with Crippen molar-refractivity contribution in [2.75, 3.05) is 0 Å². The molecule has 0 aliphatic rings. The molecule has 1 aromatic rings. The lowest BCUT2D eigenvalue weighted by Crippen LogP contribution is -2.48. The van der Waals surface area contributed by atoms with Crippen molar-refractivity contribution < 1.29 is 17.9 Å². The quantitative estimate of drug-likeness (QED) is 0.908. The molecule has 0 aliphatic heterocycles. The molecule has 0 saturated heterocycles. The van der Waals surface area contributed by atoms with E-state index in [2.05, 4.69) is 0 Å². The van der Waals surface area contributed by atoms with Crippen LogP contribution in [0.15, 0.2) is 24.3 Å². The van der Waals surface area contributed by atoms with E-state index < -0.39 is 18.3 Å². The van der Waals surface area contributed by atoms with Crippen LogP contribution in [-0.2, 0) is 0 Å². The summed E-state index contributed by atoms with van der Waals surface area (Å²) in [7, 11) is 0. The Labute approximate surface area is 103 Å². The minimum absolute atomic E-state index is 0.0590. The standard InChI is InChI=1S/C11H13ClF3NO/c1-2-9(16)10(11(13,14)15)17-8-5-3-4-7(12)6-8/h3-6,9-10H,2,16H2,1H3. The van der Waals surface area contributed by atoms with Gasteiger partial charge in [-0.1, -0.05) is 24.6 Å². The molecule has 1 rings (SSSR count). The third kappa shape index (κ3) is 4.09. The van der Waals surface area contributed by atoms with Crippen molar-refractivity contribution >= 4 is 11.6 Å². The summed E-state index contributed by atoms with van der Waals surface area (Å²) in [5.74, 6) is 0.0590. The number of halogens is 4. The van der Waals surface area contributed by atoms with Crippen molar-refractivity contribution in [3.63, 3.8) is 0 Å². The van der Waals surface area contributed by atoms with Crippen LogP contribution >= 0.6 is 11.6 Å². The number of hydrogen-bond acceptors (Lipinski definition) is 2. The van der Waals surface area contributed by atoms with Crippen LogP contribution in [0.5, 0.6) is 5.75 Å². The van der Waals surface area contributed by atoms with Crippen molar-refractivity contribution in [1.82, 2.24) is 0 Å². The molecule has 0 aromatic heterocycles. The zero-order chi connectivity index (χ0) is 13.1. The Balaban J connectivity index is 2.87. The fourth-order valence-electron chi connectivity index (χ4n) is 1.30. The van der Waals surface area contributed by atoms with E-state index in [1.54, 1.807) is 13.0 Å². The first-order chi connectivity index (χ1) is 7.84. The number of benzene rings is 1. The number of ether oxygens (including phenoxy) is 1. The Kier molecular flexibility index (Phi) is 4.65. The summed E-state index contributed by atoms with van der Waals surface area (Å²) < 4.78 is 43.0. The summed E-state index contributed by atoms with van der Waals surface area (Å²) in [5.41, 5.74) is 5.41. The summed E-state index contributed by atoms with van der Waals surface area (Å²) in [6, 6.07) is 4.70. The molecule has 0 fully saturated rings. The normalized spacial score (nSPS) is 15.4. The Morgan fingerprint density at radius 2 is 2.06 bits per heavy atom. The summed E-state index contributed by atoms with van der Waals surface area (Å²) in [5, 5.41) is 0.313. The minimum Gasteiger partial charge on any atom is -0.479 e. The van der Waals surface area contributed by atoms with Crippen molar-refractivity contribution in [2.24, 2.45) is 5.73 Å². The highest BCUT2D eigenvalue weighted by molar-refractivity contribution is 6.30. The molecule has 0 bridgehead atoms. The highest BCUT2D eigenvalue weighted by atomic mass is 35.5. The monoisotopic (exact) mass is 267 g/mol. The average molecular weight is 268 g/mol. The van der Waals surface area contributed by atoms with E-state index >= 15 is 0 Å². The predicted molar refractivity (Wildman–Crippen MR) is 60.2 cm³/mol. The molecule has 6 heteroatoms. The summed E-state index contributed by atoms with van der Waals surface area (Å²) in [4.78, 5) is 0. The van der Waals surface area contributed by atoms with E-state index in [-0.39, 0.29) is 12.2 Å². The van der Waals surface area contributed by atoms with Gasteiger partial charge in [-0.2, -0.15) is 13.2 Å². The van der Waals surface area contributed by atoms with E-state index in [4.69, 9.17) is 22.1 Å². The van der Waals surface area contributed by atoms with Crippen molar-refractivity contribution in [3.05, 3.63) is 29.3 Å². The topological polar surface area (TPSA) is 35.2 Å². The van der Waals surface area contributed by atoms with Gasteiger partial charge >= 0.3 is 6.18 Å². The van der Waals surface area contributed by atoms with Gasteiger partial charge in [-0.05, 0) is 24.6 Å². The number of alkyl halides is 3. The second-order valence-electron chi connectivity index (χ2n) is 3.61. The maximum Gasteiger partial charge on any atom is 0.426 e. The van der Waals surface area contributed by atoms with Gasteiger partial charge in [-0.15, -0.1) is 0 Å². The predicted octanol–water partition coefficient (Wildman–Crippen LogP) is 3.39. The van der Waals surface area contributed by atoms with E-state index in [1.807, 2.05) is 0 Å². The Bertz CT molecular complexity index is 370. The summed E-state index contributed by atoms with van der Waals surface area (Å²) >= 11 is 5.66. The van der Waals surface area contributed by atoms with Crippen LogP contribution in [0.25, 0.3) is 0 Å².